The van der Waals surface area contributed by atoms with Crippen molar-refractivity contribution in [1.82, 2.24) is 5.32 Å². The van der Waals surface area contributed by atoms with Gasteiger partial charge in [0.1, 0.15) is 0 Å². The van der Waals surface area contributed by atoms with Crippen LogP contribution in [0.5, 0.6) is 0 Å². The lowest BCUT2D eigenvalue weighted by Gasteiger charge is -2.49. The monoisotopic (exact) mass is 239 g/mol. The molecule has 4 heteroatoms. The van der Waals surface area contributed by atoms with E-state index in [9.17, 15) is 9.90 Å². The predicted molar refractivity (Wildman–Crippen MR) is 64.7 cm³/mol. The summed E-state index contributed by atoms with van der Waals surface area (Å²) in [5, 5.41) is 14.5. The smallest absolute Gasteiger partial charge is 0.261 e. The highest BCUT2D eigenvalue weighted by atomic mass is 32.1. The number of carbonyl (C=O) groups is 1. The van der Waals surface area contributed by atoms with Crippen molar-refractivity contribution in [2.75, 3.05) is 0 Å². The number of hydrogen-bond donors (Lipinski definition) is 2. The van der Waals surface area contributed by atoms with E-state index in [-0.39, 0.29) is 23.5 Å². The molecule has 0 bridgehead atoms. The minimum atomic E-state index is -0.303. The Kier molecular flexibility index (Phi) is 2.80. The largest absolute Gasteiger partial charge is 0.392 e. The summed E-state index contributed by atoms with van der Waals surface area (Å²) >= 11 is 1.46. The molecule has 0 aliphatic heterocycles. The zero-order valence-electron chi connectivity index (χ0n) is 9.78. The van der Waals surface area contributed by atoms with Crippen LogP contribution in [-0.4, -0.2) is 23.2 Å². The first-order valence-electron chi connectivity index (χ1n) is 5.46. The van der Waals surface area contributed by atoms with Crippen LogP contribution in [0.3, 0.4) is 0 Å². The van der Waals surface area contributed by atoms with Crippen LogP contribution < -0.4 is 5.32 Å². The third-order valence-corrected chi connectivity index (χ3v) is 4.60. The number of aliphatic hydroxyl groups excluding tert-OH is 1. The van der Waals surface area contributed by atoms with Crippen LogP contribution in [0, 0.1) is 12.3 Å². The number of nitrogens with one attached hydrogen (secondary N) is 1. The van der Waals surface area contributed by atoms with Gasteiger partial charge in [0.15, 0.2) is 0 Å². The summed E-state index contributed by atoms with van der Waals surface area (Å²) in [7, 11) is 0. The first-order chi connectivity index (χ1) is 7.43. The first-order valence-corrected chi connectivity index (χ1v) is 6.34. The first kappa shape index (κ1) is 11.6. The quantitative estimate of drug-likeness (QED) is 0.828. The van der Waals surface area contributed by atoms with Crippen LogP contribution >= 0.6 is 11.3 Å². The van der Waals surface area contributed by atoms with Gasteiger partial charge in [-0.1, -0.05) is 13.8 Å². The summed E-state index contributed by atoms with van der Waals surface area (Å²) in [6.07, 6.45) is 0.352. The minimum Gasteiger partial charge on any atom is -0.392 e. The molecular weight excluding hydrogens is 222 g/mol. The highest BCUT2D eigenvalue weighted by Gasteiger charge is 2.48. The second-order valence-corrected chi connectivity index (χ2v) is 5.95. The van der Waals surface area contributed by atoms with Crippen molar-refractivity contribution in [2.24, 2.45) is 5.41 Å². The summed E-state index contributed by atoms with van der Waals surface area (Å²) in [5.74, 6) is -0.0162. The molecule has 1 heterocycles. The Morgan fingerprint density at radius 2 is 2.31 bits per heavy atom. The van der Waals surface area contributed by atoms with E-state index in [1.54, 1.807) is 0 Å². The van der Waals surface area contributed by atoms with Gasteiger partial charge in [-0.05, 0) is 30.4 Å². The molecule has 16 heavy (non-hydrogen) atoms. The van der Waals surface area contributed by atoms with E-state index in [0.717, 1.165) is 10.4 Å². The molecule has 0 aromatic carbocycles. The molecule has 2 unspecified atom stereocenters. The van der Waals surface area contributed by atoms with Crippen molar-refractivity contribution in [3.63, 3.8) is 0 Å². The van der Waals surface area contributed by atoms with Crippen LogP contribution in [0.25, 0.3) is 0 Å². The van der Waals surface area contributed by atoms with Gasteiger partial charge in [0.25, 0.3) is 5.91 Å². The van der Waals surface area contributed by atoms with E-state index in [1.165, 1.54) is 11.3 Å². The molecular formula is C12H17NO2S. The molecule has 2 rings (SSSR count). The molecule has 0 radical (unpaired) electrons. The van der Waals surface area contributed by atoms with E-state index in [1.807, 2.05) is 32.2 Å². The van der Waals surface area contributed by atoms with Crippen LogP contribution in [0.4, 0.5) is 0 Å². The molecule has 0 saturated heterocycles. The highest BCUT2D eigenvalue weighted by Crippen LogP contribution is 2.40. The van der Waals surface area contributed by atoms with E-state index in [2.05, 4.69) is 5.32 Å². The fraction of sp³-hybridized carbons (Fsp3) is 0.583. The van der Waals surface area contributed by atoms with Crippen LogP contribution in [-0.2, 0) is 0 Å². The molecule has 0 spiro atoms. The molecule has 1 fully saturated rings. The molecule has 1 aromatic heterocycles. The highest BCUT2D eigenvalue weighted by molar-refractivity contribution is 7.12. The molecule has 1 saturated carbocycles. The van der Waals surface area contributed by atoms with Gasteiger partial charge in [0.2, 0.25) is 0 Å². The Morgan fingerprint density at radius 1 is 1.62 bits per heavy atom. The summed E-state index contributed by atoms with van der Waals surface area (Å²) in [6.45, 7) is 5.90. The Hall–Kier alpha value is -0.870. The Morgan fingerprint density at radius 3 is 2.75 bits per heavy atom. The Bertz CT molecular complexity index is 411. The van der Waals surface area contributed by atoms with E-state index >= 15 is 0 Å². The van der Waals surface area contributed by atoms with E-state index < -0.39 is 0 Å². The number of thiophene rings is 1. The number of amides is 1. The van der Waals surface area contributed by atoms with E-state index in [4.69, 9.17) is 0 Å². The van der Waals surface area contributed by atoms with Crippen molar-refractivity contribution in [2.45, 2.75) is 39.3 Å². The molecule has 2 N–H and O–H groups in total. The van der Waals surface area contributed by atoms with Gasteiger partial charge < -0.3 is 10.4 Å². The summed E-state index contributed by atoms with van der Waals surface area (Å²) in [5.41, 5.74) is 0.807. The number of aliphatic hydroxyl groups is 1. The van der Waals surface area contributed by atoms with Crippen molar-refractivity contribution in [3.05, 3.63) is 21.9 Å². The zero-order chi connectivity index (χ0) is 11.9. The molecule has 1 aliphatic rings. The molecule has 88 valence electrons. The number of aryl methyl sites for hydroxylation is 1. The maximum atomic E-state index is 11.9. The van der Waals surface area contributed by atoms with Gasteiger partial charge in [-0.15, -0.1) is 11.3 Å². The summed E-state index contributed by atoms with van der Waals surface area (Å²) in [6, 6.07) is 2.02. The maximum Gasteiger partial charge on any atom is 0.261 e. The standard InChI is InChI=1S/C12H17NO2S/c1-7-4-5-16-10(7)11(15)13-8-6-9(14)12(8,2)3/h4-5,8-9,14H,6H2,1-3H3,(H,13,15). The van der Waals surface area contributed by atoms with Gasteiger partial charge >= 0.3 is 0 Å². The lowest BCUT2D eigenvalue weighted by atomic mass is 9.64. The summed E-state index contributed by atoms with van der Waals surface area (Å²) in [4.78, 5) is 12.7. The van der Waals surface area contributed by atoms with Gasteiger partial charge in [-0.2, -0.15) is 0 Å². The van der Waals surface area contributed by atoms with Crippen LogP contribution in [0.2, 0.25) is 0 Å². The van der Waals surface area contributed by atoms with Gasteiger partial charge in [0, 0.05) is 11.5 Å². The van der Waals surface area contributed by atoms with Crippen LogP contribution in [0.15, 0.2) is 11.4 Å². The topological polar surface area (TPSA) is 49.3 Å². The molecule has 3 nitrogen and oxygen atoms in total. The Labute approximate surface area is 99.5 Å². The number of hydrogen-bond acceptors (Lipinski definition) is 3. The SMILES string of the molecule is Cc1ccsc1C(=O)NC1CC(O)C1(C)C. The molecule has 1 aliphatic carbocycles. The lowest BCUT2D eigenvalue weighted by molar-refractivity contribution is -0.0689. The maximum absolute atomic E-state index is 11.9. The Balaban J connectivity index is 2.02. The van der Waals surface area contributed by atoms with Crippen LogP contribution in [0.1, 0.15) is 35.5 Å². The third kappa shape index (κ3) is 1.76. The fourth-order valence-corrected chi connectivity index (χ4v) is 2.80. The lowest BCUT2D eigenvalue weighted by Crippen LogP contribution is -2.61. The zero-order valence-corrected chi connectivity index (χ0v) is 10.6. The third-order valence-electron chi connectivity index (χ3n) is 3.59. The summed E-state index contributed by atoms with van der Waals surface area (Å²) < 4.78 is 0. The van der Waals surface area contributed by atoms with Crippen molar-refractivity contribution < 1.29 is 9.90 Å². The van der Waals surface area contributed by atoms with Gasteiger partial charge in [-0.25, -0.2) is 0 Å². The second kappa shape index (κ2) is 3.86. The number of rotatable bonds is 2. The average molecular weight is 239 g/mol. The molecule has 2 atom stereocenters. The second-order valence-electron chi connectivity index (χ2n) is 5.03. The van der Waals surface area contributed by atoms with Crippen molar-refractivity contribution in [3.8, 4) is 0 Å². The van der Waals surface area contributed by atoms with Gasteiger partial charge in [0.05, 0.1) is 11.0 Å². The van der Waals surface area contributed by atoms with E-state index in [0.29, 0.717) is 6.42 Å². The minimum absolute atomic E-state index is 0.0162. The van der Waals surface area contributed by atoms with Crippen molar-refractivity contribution >= 4 is 17.2 Å². The normalized spacial score (nSPS) is 27.2. The average Bonchev–Trinajstić information content (AvgIpc) is 2.64. The van der Waals surface area contributed by atoms with Crippen molar-refractivity contribution in [1.29, 1.82) is 0 Å². The predicted octanol–water partition coefficient (Wildman–Crippen LogP) is 1.95. The molecule has 1 aromatic rings. The molecule has 1 amide bonds. The fourth-order valence-electron chi connectivity index (χ4n) is 1.98. The number of carbonyl (C=O) groups excluding carboxylic acids is 1. The van der Waals surface area contributed by atoms with Gasteiger partial charge in [-0.3, -0.25) is 4.79 Å².